The molecule has 0 aromatic heterocycles. The van der Waals surface area contributed by atoms with Gasteiger partial charge in [-0.05, 0) is 31.1 Å². The number of rotatable bonds is 13. The Morgan fingerprint density at radius 1 is 0.615 bits per heavy atom. The van der Waals surface area contributed by atoms with E-state index >= 15 is 0 Å². The molecule has 2 saturated carbocycles. The second-order valence-corrected chi connectivity index (χ2v) is 9.18. The van der Waals surface area contributed by atoms with Gasteiger partial charge in [0.1, 0.15) is 0 Å². The SMILES string of the molecule is O=C(CC1CCCC1)NCCCCCCCCCCC1CCCCCC1. The summed E-state index contributed by atoms with van der Waals surface area (Å²) < 4.78 is 0. The summed E-state index contributed by atoms with van der Waals surface area (Å²) in [6.07, 6.45) is 27.4. The van der Waals surface area contributed by atoms with Crippen molar-refractivity contribution in [2.45, 2.75) is 128 Å². The van der Waals surface area contributed by atoms with Gasteiger partial charge in [0.25, 0.3) is 0 Å². The van der Waals surface area contributed by atoms with Gasteiger partial charge in [0, 0.05) is 13.0 Å². The van der Waals surface area contributed by atoms with Gasteiger partial charge in [-0.15, -0.1) is 0 Å². The van der Waals surface area contributed by atoms with Gasteiger partial charge in [-0.3, -0.25) is 4.79 Å². The first kappa shape index (κ1) is 21.8. The normalized spacial score (nSPS) is 19.5. The Morgan fingerprint density at radius 3 is 1.77 bits per heavy atom. The van der Waals surface area contributed by atoms with E-state index in [0.717, 1.165) is 25.3 Å². The standard InChI is InChI=1S/C24H45NO/c26-24(21-23-18-12-13-19-23)25-20-14-8-4-2-1-3-5-9-15-22-16-10-6-7-11-17-22/h22-23H,1-21H2,(H,25,26). The maximum absolute atomic E-state index is 11.9. The molecule has 0 aliphatic heterocycles. The van der Waals surface area contributed by atoms with Crippen LogP contribution in [-0.4, -0.2) is 12.5 Å². The Bertz CT molecular complexity index is 340. The van der Waals surface area contributed by atoms with Crippen molar-refractivity contribution < 1.29 is 4.79 Å². The first-order valence-corrected chi connectivity index (χ1v) is 12.1. The lowest BCUT2D eigenvalue weighted by Crippen LogP contribution is -2.25. The molecule has 0 heterocycles. The van der Waals surface area contributed by atoms with Crippen LogP contribution < -0.4 is 5.32 Å². The molecule has 2 heteroatoms. The predicted octanol–water partition coefficient (Wildman–Crippen LogP) is 7.16. The van der Waals surface area contributed by atoms with Crippen LogP contribution in [0.3, 0.4) is 0 Å². The van der Waals surface area contributed by atoms with Crippen LogP contribution in [0.4, 0.5) is 0 Å². The van der Waals surface area contributed by atoms with Crippen LogP contribution in [-0.2, 0) is 4.79 Å². The number of unbranched alkanes of at least 4 members (excludes halogenated alkanes) is 7. The third-order valence-electron chi connectivity index (χ3n) is 6.78. The molecule has 0 spiro atoms. The molecular formula is C24H45NO. The molecule has 26 heavy (non-hydrogen) atoms. The van der Waals surface area contributed by atoms with Gasteiger partial charge in [-0.2, -0.15) is 0 Å². The van der Waals surface area contributed by atoms with Gasteiger partial charge in [-0.25, -0.2) is 0 Å². The smallest absolute Gasteiger partial charge is 0.220 e. The zero-order valence-electron chi connectivity index (χ0n) is 17.4. The molecule has 0 bridgehead atoms. The van der Waals surface area contributed by atoms with E-state index in [2.05, 4.69) is 5.32 Å². The molecule has 0 aromatic rings. The number of nitrogens with one attached hydrogen (secondary N) is 1. The summed E-state index contributed by atoms with van der Waals surface area (Å²) in [7, 11) is 0. The lowest BCUT2D eigenvalue weighted by molar-refractivity contribution is -0.121. The fraction of sp³-hybridized carbons (Fsp3) is 0.958. The van der Waals surface area contributed by atoms with Crippen LogP contribution in [0.1, 0.15) is 128 Å². The van der Waals surface area contributed by atoms with Crippen LogP contribution in [0.2, 0.25) is 0 Å². The van der Waals surface area contributed by atoms with Crippen LogP contribution in [0.25, 0.3) is 0 Å². The average molecular weight is 364 g/mol. The largest absolute Gasteiger partial charge is 0.356 e. The third-order valence-corrected chi connectivity index (χ3v) is 6.78. The molecule has 0 saturated heterocycles. The summed E-state index contributed by atoms with van der Waals surface area (Å²) in [4.78, 5) is 11.9. The molecule has 0 unspecified atom stereocenters. The first-order chi connectivity index (χ1) is 12.8. The zero-order chi connectivity index (χ0) is 18.3. The Kier molecular flexibility index (Phi) is 12.2. The van der Waals surface area contributed by atoms with Crippen molar-refractivity contribution in [3.63, 3.8) is 0 Å². The molecule has 2 nitrogen and oxygen atoms in total. The molecule has 2 aliphatic carbocycles. The topological polar surface area (TPSA) is 29.1 Å². The molecular weight excluding hydrogens is 318 g/mol. The molecule has 1 N–H and O–H groups in total. The summed E-state index contributed by atoms with van der Waals surface area (Å²) in [6, 6.07) is 0. The third kappa shape index (κ3) is 10.6. The second-order valence-electron chi connectivity index (χ2n) is 9.18. The van der Waals surface area contributed by atoms with Crippen molar-refractivity contribution in [1.29, 1.82) is 0 Å². The fourth-order valence-electron chi connectivity index (χ4n) is 5.05. The van der Waals surface area contributed by atoms with E-state index in [1.165, 1.54) is 116 Å². The van der Waals surface area contributed by atoms with Crippen molar-refractivity contribution in [2.75, 3.05) is 6.54 Å². The van der Waals surface area contributed by atoms with E-state index in [9.17, 15) is 4.79 Å². The Labute approximate surface area is 163 Å². The minimum atomic E-state index is 0.297. The number of amides is 1. The van der Waals surface area contributed by atoms with Crippen LogP contribution in [0, 0.1) is 11.8 Å². The van der Waals surface area contributed by atoms with Crippen molar-refractivity contribution in [3.05, 3.63) is 0 Å². The van der Waals surface area contributed by atoms with E-state index in [1.807, 2.05) is 0 Å². The lowest BCUT2D eigenvalue weighted by Gasteiger charge is -2.13. The number of carbonyl (C=O) groups is 1. The quantitative estimate of drug-likeness (QED) is 0.273. The van der Waals surface area contributed by atoms with Gasteiger partial charge in [0.2, 0.25) is 5.91 Å². The summed E-state index contributed by atoms with van der Waals surface area (Å²) in [5.74, 6) is 2.03. The van der Waals surface area contributed by atoms with Gasteiger partial charge in [-0.1, -0.05) is 103 Å². The van der Waals surface area contributed by atoms with E-state index in [0.29, 0.717) is 11.8 Å². The van der Waals surface area contributed by atoms with Crippen molar-refractivity contribution >= 4 is 5.91 Å². The monoisotopic (exact) mass is 363 g/mol. The highest BCUT2D eigenvalue weighted by molar-refractivity contribution is 5.76. The first-order valence-electron chi connectivity index (χ1n) is 12.1. The highest BCUT2D eigenvalue weighted by Crippen LogP contribution is 2.28. The van der Waals surface area contributed by atoms with Crippen LogP contribution in [0.15, 0.2) is 0 Å². The molecule has 152 valence electrons. The summed E-state index contributed by atoms with van der Waals surface area (Å²) in [6.45, 7) is 0.896. The fourth-order valence-corrected chi connectivity index (χ4v) is 5.05. The molecule has 1 amide bonds. The van der Waals surface area contributed by atoms with Crippen molar-refractivity contribution in [2.24, 2.45) is 11.8 Å². The van der Waals surface area contributed by atoms with Crippen LogP contribution in [0.5, 0.6) is 0 Å². The number of hydrogen-bond donors (Lipinski definition) is 1. The van der Waals surface area contributed by atoms with Crippen molar-refractivity contribution in [3.8, 4) is 0 Å². The molecule has 2 fully saturated rings. The molecule has 0 atom stereocenters. The average Bonchev–Trinajstić information content (AvgIpc) is 3.00. The second kappa shape index (κ2) is 14.5. The van der Waals surface area contributed by atoms with E-state index < -0.39 is 0 Å². The molecule has 0 radical (unpaired) electrons. The zero-order valence-corrected chi connectivity index (χ0v) is 17.4. The highest BCUT2D eigenvalue weighted by atomic mass is 16.1. The van der Waals surface area contributed by atoms with Crippen molar-refractivity contribution in [1.82, 2.24) is 5.32 Å². The number of hydrogen-bond acceptors (Lipinski definition) is 1. The Hall–Kier alpha value is -0.530. The Balaban J connectivity index is 1.29. The maximum Gasteiger partial charge on any atom is 0.220 e. The summed E-state index contributed by atoms with van der Waals surface area (Å²) >= 11 is 0. The van der Waals surface area contributed by atoms with E-state index in [-0.39, 0.29) is 0 Å². The van der Waals surface area contributed by atoms with Gasteiger partial charge < -0.3 is 5.32 Å². The molecule has 2 aliphatic rings. The minimum absolute atomic E-state index is 0.297. The molecule has 2 rings (SSSR count). The van der Waals surface area contributed by atoms with Crippen LogP contribution >= 0.6 is 0 Å². The van der Waals surface area contributed by atoms with E-state index in [4.69, 9.17) is 0 Å². The van der Waals surface area contributed by atoms with Gasteiger partial charge >= 0.3 is 0 Å². The maximum atomic E-state index is 11.9. The highest BCUT2D eigenvalue weighted by Gasteiger charge is 2.17. The summed E-state index contributed by atoms with van der Waals surface area (Å²) in [5, 5.41) is 3.12. The molecule has 0 aromatic carbocycles. The van der Waals surface area contributed by atoms with E-state index in [1.54, 1.807) is 0 Å². The number of carbonyl (C=O) groups excluding carboxylic acids is 1. The van der Waals surface area contributed by atoms with Gasteiger partial charge in [0.15, 0.2) is 0 Å². The summed E-state index contributed by atoms with van der Waals surface area (Å²) in [5.41, 5.74) is 0. The van der Waals surface area contributed by atoms with Gasteiger partial charge in [0.05, 0.1) is 0 Å². The minimum Gasteiger partial charge on any atom is -0.356 e. The Morgan fingerprint density at radius 2 is 1.12 bits per heavy atom. The predicted molar refractivity (Wildman–Crippen MR) is 112 cm³/mol. The lowest BCUT2D eigenvalue weighted by atomic mass is 9.93.